The zero-order valence-electron chi connectivity index (χ0n) is 12.3. The fourth-order valence-electron chi connectivity index (χ4n) is 1.15. The smallest absolute Gasteiger partial charge is 0.324 e. The molecule has 1 N–H and O–H groups in total. The first-order valence-electron chi connectivity index (χ1n) is 6.64. The van der Waals surface area contributed by atoms with Gasteiger partial charge in [0.1, 0.15) is 0 Å². The second-order valence-corrected chi connectivity index (χ2v) is 7.65. The lowest BCUT2D eigenvalue weighted by Crippen LogP contribution is -2.11. The Morgan fingerprint density at radius 1 is 0.947 bits per heavy atom. The van der Waals surface area contributed by atoms with Gasteiger partial charge in [-0.3, -0.25) is 0 Å². The van der Waals surface area contributed by atoms with Crippen LogP contribution in [0.3, 0.4) is 0 Å². The maximum Gasteiger partial charge on any atom is 0.324 e. The van der Waals surface area contributed by atoms with Gasteiger partial charge >= 0.3 is 6.72 Å². The summed E-state index contributed by atoms with van der Waals surface area (Å²) in [6.07, 6.45) is 0.912. The average molecular weight is 314 g/mol. The summed E-state index contributed by atoms with van der Waals surface area (Å²) in [6, 6.07) is 0. The molecule has 0 aliphatic heterocycles. The highest BCUT2D eigenvalue weighted by Crippen LogP contribution is 2.44. The van der Waals surface area contributed by atoms with E-state index < -0.39 is 6.72 Å². The van der Waals surface area contributed by atoms with Crippen molar-refractivity contribution in [2.24, 2.45) is 5.92 Å². The highest BCUT2D eigenvalue weighted by molar-refractivity contribution is 8.07. The van der Waals surface area contributed by atoms with E-state index in [0.717, 1.165) is 13.0 Å². The molecule has 0 rings (SSSR count). The summed E-state index contributed by atoms with van der Waals surface area (Å²) in [4.78, 5) is 9.61. The first-order valence-corrected chi connectivity index (χ1v) is 9.24. The lowest BCUT2D eigenvalue weighted by atomic mass is 10.1. The summed E-state index contributed by atoms with van der Waals surface area (Å²) in [5.74, 6) is 0.656. The third-order valence-electron chi connectivity index (χ3n) is 2.04. The normalized spacial score (nSPS) is 15.1. The molecule has 5 nitrogen and oxygen atoms in total. The summed E-state index contributed by atoms with van der Waals surface area (Å²) < 4.78 is 20.9. The Labute approximate surface area is 121 Å². The maximum absolute atomic E-state index is 9.61. The molecule has 0 heterocycles. The van der Waals surface area contributed by atoms with E-state index in [4.69, 9.17) is 30.3 Å². The Hall–Kier alpha value is 0.450. The molecular formula is C12H27O5PS. The van der Waals surface area contributed by atoms with E-state index in [9.17, 15) is 4.89 Å². The van der Waals surface area contributed by atoms with E-state index >= 15 is 0 Å². The molecule has 0 aliphatic carbocycles. The standard InChI is InChI=1S/C12H27O5PS/c1-11(2)5-6-14-7-8-15-9-10-16-18(13,19)17-12(3)4/h11-12H,5-10H2,1-4H3,(H,13,19). The van der Waals surface area contributed by atoms with E-state index in [-0.39, 0.29) is 12.7 Å². The van der Waals surface area contributed by atoms with Gasteiger partial charge in [0.15, 0.2) is 0 Å². The van der Waals surface area contributed by atoms with Crippen molar-refractivity contribution >= 4 is 18.5 Å². The minimum Gasteiger partial charge on any atom is -0.379 e. The van der Waals surface area contributed by atoms with Gasteiger partial charge in [-0.25, -0.2) is 0 Å². The third-order valence-corrected chi connectivity index (χ3v) is 3.81. The largest absolute Gasteiger partial charge is 0.379 e. The topological polar surface area (TPSA) is 57.2 Å². The van der Waals surface area contributed by atoms with E-state index in [1.807, 2.05) is 0 Å². The van der Waals surface area contributed by atoms with Gasteiger partial charge in [0.2, 0.25) is 0 Å². The van der Waals surface area contributed by atoms with Crippen LogP contribution in [-0.4, -0.2) is 44.0 Å². The molecule has 0 aromatic heterocycles. The molecular weight excluding hydrogens is 287 g/mol. The lowest BCUT2D eigenvalue weighted by molar-refractivity contribution is 0.0298. The van der Waals surface area contributed by atoms with Crippen molar-refractivity contribution in [2.75, 3.05) is 33.0 Å². The Morgan fingerprint density at radius 2 is 1.47 bits per heavy atom. The van der Waals surface area contributed by atoms with Gasteiger partial charge < -0.3 is 23.4 Å². The second kappa shape index (κ2) is 11.1. The first-order chi connectivity index (χ1) is 8.83. The summed E-state index contributed by atoms with van der Waals surface area (Å²) in [6.45, 7) is 7.26. The molecule has 0 spiro atoms. The molecule has 0 amide bonds. The lowest BCUT2D eigenvalue weighted by Gasteiger charge is -2.17. The van der Waals surface area contributed by atoms with Crippen molar-refractivity contribution in [3.05, 3.63) is 0 Å². The van der Waals surface area contributed by atoms with Crippen molar-refractivity contribution in [1.82, 2.24) is 0 Å². The summed E-state index contributed by atoms with van der Waals surface area (Å²) in [5.41, 5.74) is 0. The summed E-state index contributed by atoms with van der Waals surface area (Å²) in [7, 11) is 0. The fourth-order valence-corrected chi connectivity index (χ4v) is 2.79. The zero-order valence-corrected chi connectivity index (χ0v) is 14.0. The van der Waals surface area contributed by atoms with Crippen LogP contribution in [0, 0.1) is 5.92 Å². The van der Waals surface area contributed by atoms with Crippen LogP contribution in [0.4, 0.5) is 0 Å². The van der Waals surface area contributed by atoms with Gasteiger partial charge in [-0.15, -0.1) is 0 Å². The highest BCUT2D eigenvalue weighted by atomic mass is 32.5. The van der Waals surface area contributed by atoms with Gasteiger partial charge in [0, 0.05) is 6.61 Å². The predicted molar refractivity (Wildman–Crippen MR) is 79.8 cm³/mol. The molecule has 0 saturated carbocycles. The molecule has 0 aromatic carbocycles. The van der Waals surface area contributed by atoms with E-state index in [1.54, 1.807) is 13.8 Å². The van der Waals surface area contributed by atoms with Crippen LogP contribution in [0.15, 0.2) is 0 Å². The van der Waals surface area contributed by atoms with Crippen LogP contribution in [-0.2, 0) is 30.3 Å². The predicted octanol–water partition coefficient (Wildman–Crippen LogP) is 2.72. The highest BCUT2D eigenvalue weighted by Gasteiger charge is 2.16. The van der Waals surface area contributed by atoms with Crippen molar-refractivity contribution in [1.29, 1.82) is 0 Å². The molecule has 116 valence electrons. The SMILES string of the molecule is CC(C)CCOCCOCCOP(O)(=S)OC(C)C. The molecule has 0 aromatic rings. The minimum atomic E-state index is -3.10. The van der Waals surface area contributed by atoms with Crippen LogP contribution in [0.1, 0.15) is 34.1 Å². The molecule has 0 fully saturated rings. The molecule has 0 radical (unpaired) electrons. The van der Waals surface area contributed by atoms with Crippen molar-refractivity contribution < 1.29 is 23.4 Å². The number of ether oxygens (including phenoxy) is 2. The van der Waals surface area contributed by atoms with E-state index in [2.05, 4.69) is 13.8 Å². The van der Waals surface area contributed by atoms with Gasteiger partial charge in [-0.1, -0.05) is 13.8 Å². The first kappa shape index (κ1) is 19.4. The Morgan fingerprint density at radius 3 is 2.00 bits per heavy atom. The van der Waals surface area contributed by atoms with Crippen LogP contribution in [0.25, 0.3) is 0 Å². The molecule has 19 heavy (non-hydrogen) atoms. The zero-order chi connectivity index (χ0) is 14.7. The van der Waals surface area contributed by atoms with Gasteiger partial charge in [0.05, 0.1) is 32.5 Å². The molecule has 0 bridgehead atoms. The Balaban J connectivity index is 3.33. The van der Waals surface area contributed by atoms with Crippen LogP contribution < -0.4 is 0 Å². The maximum atomic E-state index is 9.61. The van der Waals surface area contributed by atoms with Gasteiger partial charge in [0.25, 0.3) is 0 Å². The number of hydrogen-bond acceptors (Lipinski definition) is 5. The van der Waals surface area contributed by atoms with Crippen LogP contribution >= 0.6 is 6.72 Å². The summed E-state index contributed by atoms with van der Waals surface area (Å²) >= 11 is 4.82. The molecule has 7 heteroatoms. The van der Waals surface area contributed by atoms with Crippen molar-refractivity contribution in [3.63, 3.8) is 0 Å². The molecule has 0 saturated heterocycles. The van der Waals surface area contributed by atoms with Crippen LogP contribution in [0.2, 0.25) is 0 Å². The van der Waals surface area contributed by atoms with Gasteiger partial charge in [-0.05, 0) is 38.0 Å². The third kappa shape index (κ3) is 14.7. The molecule has 1 unspecified atom stereocenters. The van der Waals surface area contributed by atoms with Crippen LogP contribution in [0.5, 0.6) is 0 Å². The number of hydrogen-bond donors (Lipinski definition) is 1. The quantitative estimate of drug-likeness (QED) is 0.441. The monoisotopic (exact) mass is 314 g/mol. The second-order valence-electron chi connectivity index (χ2n) is 4.86. The molecule has 1 atom stereocenters. The fraction of sp³-hybridized carbons (Fsp3) is 1.00. The van der Waals surface area contributed by atoms with E-state index in [0.29, 0.717) is 25.7 Å². The Kier molecular flexibility index (Phi) is 11.4. The van der Waals surface area contributed by atoms with E-state index in [1.165, 1.54) is 0 Å². The average Bonchev–Trinajstić information content (AvgIpc) is 2.24. The number of rotatable bonds is 12. The summed E-state index contributed by atoms with van der Waals surface area (Å²) in [5, 5.41) is 0. The van der Waals surface area contributed by atoms with Gasteiger partial charge in [-0.2, -0.15) is 0 Å². The Bertz CT molecular complexity index is 261. The minimum absolute atomic E-state index is 0.147. The molecule has 0 aliphatic rings. The van der Waals surface area contributed by atoms with Crippen molar-refractivity contribution in [2.45, 2.75) is 40.2 Å². The van der Waals surface area contributed by atoms with Crippen molar-refractivity contribution in [3.8, 4) is 0 Å².